The fourth-order valence-corrected chi connectivity index (χ4v) is 3.12. The number of carbonyl (C=O) groups is 1. The first-order valence-corrected chi connectivity index (χ1v) is 9.06. The van der Waals surface area contributed by atoms with Crippen molar-refractivity contribution in [2.75, 3.05) is 5.32 Å². The number of para-hydroxylation sites is 1. The van der Waals surface area contributed by atoms with Gasteiger partial charge in [-0.2, -0.15) is 0 Å². The van der Waals surface area contributed by atoms with E-state index >= 15 is 0 Å². The molecule has 3 N–H and O–H groups in total. The molecule has 29 heavy (non-hydrogen) atoms. The summed E-state index contributed by atoms with van der Waals surface area (Å²) in [5, 5.41) is 26.2. The van der Waals surface area contributed by atoms with Crippen molar-refractivity contribution in [3.63, 3.8) is 0 Å². The van der Waals surface area contributed by atoms with Crippen molar-refractivity contribution in [1.82, 2.24) is 5.32 Å². The first-order valence-electron chi connectivity index (χ1n) is 7.90. The Bertz CT molecular complexity index is 1130. The Balaban J connectivity index is 1.74. The van der Waals surface area contributed by atoms with Crippen LogP contribution in [0, 0.1) is 10.1 Å². The zero-order chi connectivity index (χ0) is 21.1. The molecule has 148 valence electrons. The smallest absolute Gasteiger partial charge is 0.293 e. The van der Waals surface area contributed by atoms with Gasteiger partial charge in [-0.15, -0.1) is 0 Å². The summed E-state index contributed by atoms with van der Waals surface area (Å²) in [7, 11) is 0. The van der Waals surface area contributed by atoms with Crippen LogP contribution >= 0.6 is 35.4 Å². The molecule has 2 aromatic carbocycles. The Morgan fingerprint density at radius 3 is 2.62 bits per heavy atom. The third-order valence-corrected chi connectivity index (χ3v) is 4.41. The topological polar surface area (TPSA) is 118 Å². The average molecular weight is 452 g/mol. The Morgan fingerprint density at radius 1 is 1.17 bits per heavy atom. The molecule has 3 aromatic rings. The highest BCUT2D eigenvalue weighted by Gasteiger charge is 2.20. The summed E-state index contributed by atoms with van der Waals surface area (Å²) >= 11 is 16.7. The van der Waals surface area contributed by atoms with Gasteiger partial charge in [0.05, 0.1) is 21.2 Å². The van der Waals surface area contributed by atoms with Gasteiger partial charge in [-0.05, 0) is 42.5 Å². The first kappa shape index (κ1) is 20.6. The van der Waals surface area contributed by atoms with Gasteiger partial charge in [-0.1, -0.05) is 35.3 Å². The average Bonchev–Trinajstić information content (AvgIpc) is 3.15. The zero-order valence-electron chi connectivity index (χ0n) is 14.3. The Labute approximate surface area is 179 Å². The number of hydrogen-bond acceptors (Lipinski definition) is 6. The minimum Gasteiger partial charge on any atom is -0.504 e. The van der Waals surface area contributed by atoms with Gasteiger partial charge in [0.1, 0.15) is 5.76 Å². The fraction of sp³-hybridized carbons (Fsp3) is 0. The number of aromatic hydroxyl groups is 1. The maximum atomic E-state index is 12.3. The second-order valence-corrected chi connectivity index (χ2v) is 6.88. The van der Waals surface area contributed by atoms with Crippen LogP contribution in [0.3, 0.4) is 0 Å². The van der Waals surface area contributed by atoms with Crippen LogP contribution in [0.5, 0.6) is 5.75 Å². The summed E-state index contributed by atoms with van der Waals surface area (Å²) in [6.45, 7) is 0. The molecule has 0 saturated heterocycles. The van der Waals surface area contributed by atoms with Crippen LogP contribution in [0.2, 0.25) is 10.0 Å². The minimum absolute atomic E-state index is 0.00857. The minimum atomic E-state index is -0.694. The van der Waals surface area contributed by atoms with Crippen LogP contribution in [-0.4, -0.2) is 21.0 Å². The third kappa shape index (κ3) is 4.65. The molecular weight excluding hydrogens is 441 g/mol. The second-order valence-electron chi connectivity index (χ2n) is 5.63. The highest BCUT2D eigenvalue weighted by atomic mass is 35.5. The number of carbonyl (C=O) groups excluding carboxylic acids is 1. The first-order chi connectivity index (χ1) is 13.8. The number of halogens is 2. The number of nitrogens with zero attached hydrogens (tertiary/aromatic N) is 1. The van der Waals surface area contributed by atoms with Crippen LogP contribution < -0.4 is 10.6 Å². The number of nitrogens with one attached hydrogen (secondary N) is 2. The fourth-order valence-electron chi connectivity index (χ4n) is 2.43. The number of benzene rings is 2. The molecule has 0 saturated carbocycles. The number of phenolic OH excluding ortho intramolecular Hbond substituents is 1. The molecule has 11 heteroatoms. The molecule has 0 unspecified atom stereocenters. The zero-order valence-corrected chi connectivity index (χ0v) is 16.6. The van der Waals surface area contributed by atoms with Gasteiger partial charge in [-0.25, -0.2) is 0 Å². The molecule has 1 aromatic heterocycles. The lowest BCUT2D eigenvalue weighted by Gasteiger charge is -2.11. The lowest BCUT2D eigenvalue weighted by Crippen LogP contribution is -2.33. The summed E-state index contributed by atoms with van der Waals surface area (Å²) in [5.41, 5.74) is 0.183. The van der Waals surface area contributed by atoms with E-state index in [2.05, 4.69) is 10.6 Å². The van der Waals surface area contributed by atoms with Gasteiger partial charge in [0.25, 0.3) is 11.6 Å². The number of nitro benzene ring substituents is 1. The van der Waals surface area contributed by atoms with E-state index in [1.807, 2.05) is 0 Å². The second kappa shape index (κ2) is 8.48. The van der Waals surface area contributed by atoms with E-state index in [4.69, 9.17) is 39.8 Å². The van der Waals surface area contributed by atoms with Crippen LogP contribution in [0.1, 0.15) is 10.6 Å². The lowest BCUT2D eigenvalue weighted by molar-refractivity contribution is -0.384. The lowest BCUT2D eigenvalue weighted by atomic mass is 10.1. The van der Waals surface area contributed by atoms with Crippen molar-refractivity contribution in [2.45, 2.75) is 0 Å². The van der Waals surface area contributed by atoms with E-state index in [1.165, 1.54) is 42.5 Å². The van der Waals surface area contributed by atoms with Crippen LogP contribution in [0.4, 0.5) is 11.4 Å². The van der Waals surface area contributed by atoms with E-state index in [-0.39, 0.29) is 49.4 Å². The monoisotopic (exact) mass is 451 g/mol. The maximum Gasteiger partial charge on any atom is 0.293 e. The van der Waals surface area contributed by atoms with E-state index in [0.717, 1.165) is 0 Å². The number of furan rings is 1. The Morgan fingerprint density at radius 2 is 1.90 bits per heavy atom. The number of rotatable bonds is 4. The molecule has 0 aliphatic heterocycles. The molecule has 0 radical (unpaired) electrons. The molecule has 1 amide bonds. The summed E-state index contributed by atoms with van der Waals surface area (Å²) in [4.78, 5) is 23.0. The summed E-state index contributed by atoms with van der Waals surface area (Å²) in [5.74, 6) is -0.944. The molecular formula is C18H11Cl2N3O5S. The van der Waals surface area contributed by atoms with Gasteiger partial charge in [0.15, 0.2) is 16.6 Å². The molecule has 0 aliphatic rings. The van der Waals surface area contributed by atoms with Crippen LogP contribution in [0.15, 0.2) is 52.9 Å². The van der Waals surface area contributed by atoms with Crippen LogP contribution in [0.25, 0.3) is 11.3 Å². The van der Waals surface area contributed by atoms with E-state index in [9.17, 15) is 20.0 Å². The predicted molar refractivity (Wildman–Crippen MR) is 113 cm³/mol. The van der Waals surface area contributed by atoms with Crippen LogP contribution in [-0.2, 0) is 0 Å². The molecule has 0 aliphatic carbocycles. The molecule has 0 bridgehead atoms. The van der Waals surface area contributed by atoms with Crippen molar-refractivity contribution in [2.24, 2.45) is 0 Å². The normalized spacial score (nSPS) is 10.4. The highest BCUT2D eigenvalue weighted by molar-refractivity contribution is 7.80. The van der Waals surface area contributed by atoms with Gasteiger partial charge in [0.2, 0.25) is 0 Å². The van der Waals surface area contributed by atoms with E-state index in [1.54, 1.807) is 6.07 Å². The van der Waals surface area contributed by atoms with Gasteiger partial charge in [0, 0.05) is 11.1 Å². The Kier molecular flexibility index (Phi) is 6.02. The highest BCUT2D eigenvalue weighted by Crippen LogP contribution is 2.35. The predicted octanol–water partition coefficient (Wildman–Crippen LogP) is 4.99. The molecule has 0 atom stereocenters. The number of thiocarbonyl (C=S) groups is 1. The van der Waals surface area contributed by atoms with Crippen molar-refractivity contribution < 1.29 is 19.2 Å². The number of amides is 1. The standard InChI is InChI=1S/C18H11Cl2N3O5S/c19-9-7-11(20)16(24)12(8-9)21-18(29)22-17(25)15-6-5-14(28-15)10-3-1-2-4-13(10)23(26)27/h1-8,24H,(H2,21,22,25,29). The summed E-state index contributed by atoms with van der Waals surface area (Å²) < 4.78 is 5.44. The summed E-state index contributed by atoms with van der Waals surface area (Å²) in [6.07, 6.45) is 0. The number of phenols is 1. The maximum absolute atomic E-state index is 12.3. The number of anilines is 1. The van der Waals surface area contributed by atoms with Gasteiger partial charge in [-0.3, -0.25) is 20.2 Å². The SMILES string of the molecule is O=C(NC(=S)Nc1cc(Cl)cc(Cl)c1O)c1ccc(-c2ccccc2[N+](=O)[O-])o1. The molecule has 0 fully saturated rings. The van der Waals surface area contributed by atoms with Gasteiger partial charge >= 0.3 is 0 Å². The molecule has 3 rings (SSSR count). The number of hydrogen-bond donors (Lipinski definition) is 3. The van der Waals surface area contributed by atoms with E-state index in [0.29, 0.717) is 0 Å². The van der Waals surface area contributed by atoms with Crippen molar-refractivity contribution in [3.8, 4) is 17.1 Å². The molecule has 0 spiro atoms. The Hall–Kier alpha value is -3.14. The molecule has 8 nitrogen and oxygen atoms in total. The quantitative estimate of drug-likeness (QED) is 0.221. The number of nitro groups is 1. The van der Waals surface area contributed by atoms with E-state index < -0.39 is 10.8 Å². The third-order valence-electron chi connectivity index (χ3n) is 3.70. The molecule has 1 heterocycles. The summed E-state index contributed by atoms with van der Waals surface area (Å²) in [6, 6.07) is 11.5. The van der Waals surface area contributed by atoms with Gasteiger partial charge < -0.3 is 14.8 Å². The van der Waals surface area contributed by atoms with Crippen molar-refractivity contribution in [3.05, 3.63) is 74.5 Å². The largest absolute Gasteiger partial charge is 0.504 e. The van der Waals surface area contributed by atoms with Crippen molar-refractivity contribution >= 4 is 57.8 Å². The van der Waals surface area contributed by atoms with Crippen molar-refractivity contribution in [1.29, 1.82) is 0 Å².